The molecule has 0 radical (unpaired) electrons. The monoisotopic (exact) mass is 245 g/mol. The first-order valence-corrected chi connectivity index (χ1v) is 6.34. The molecule has 0 aromatic heterocycles. The summed E-state index contributed by atoms with van der Waals surface area (Å²) in [4.78, 5) is -0.0381. The molecule has 1 aromatic rings. The SMILES string of the molecule is O=S(=O)(c1cccc(F)c1)N1CC(CO)C1. The molecule has 0 amide bonds. The topological polar surface area (TPSA) is 57.6 Å². The Morgan fingerprint density at radius 3 is 2.69 bits per heavy atom. The first kappa shape index (κ1) is 11.5. The third kappa shape index (κ3) is 1.95. The van der Waals surface area contributed by atoms with Gasteiger partial charge in [0, 0.05) is 25.6 Å². The highest BCUT2D eigenvalue weighted by atomic mass is 32.2. The summed E-state index contributed by atoms with van der Waals surface area (Å²) in [7, 11) is -3.59. The maximum Gasteiger partial charge on any atom is 0.243 e. The summed E-state index contributed by atoms with van der Waals surface area (Å²) in [5.74, 6) is -0.566. The zero-order chi connectivity index (χ0) is 11.8. The second-order valence-corrected chi connectivity index (χ2v) is 5.77. The zero-order valence-electron chi connectivity index (χ0n) is 8.51. The Bertz CT molecular complexity index is 483. The van der Waals surface area contributed by atoms with E-state index in [0.29, 0.717) is 13.1 Å². The van der Waals surface area contributed by atoms with Crippen LogP contribution in [0.25, 0.3) is 0 Å². The molecule has 1 heterocycles. The molecule has 1 saturated heterocycles. The standard InChI is InChI=1S/C10H12FNO3S/c11-9-2-1-3-10(4-9)16(14,15)12-5-8(6-12)7-13/h1-4,8,13H,5-7H2. The van der Waals surface area contributed by atoms with Crippen molar-refractivity contribution in [2.45, 2.75) is 4.90 Å². The highest BCUT2D eigenvalue weighted by molar-refractivity contribution is 7.89. The normalized spacial score (nSPS) is 18.4. The van der Waals surface area contributed by atoms with Crippen LogP contribution >= 0.6 is 0 Å². The highest BCUT2D eigenvalue weighted by Gasteiger charge is 2.36. The van der Waals surface area contributed by atoms with Crippen LogP contribution in [-0.2, 0) is 10.0 Å². The molecule has 1 aliphatic rings. The van der Waals surface area contributed by atoms with E-state index >= 15 is 0 Å². The summed E-state index contributed by atoms with van der Waals surface area (Å²) >= 11 is 0. The van der Waals surface area contributed by atoms with Crippen molar-refractivity contribution < 1.29 is 17.9 Å². The Morgan fingerprint density at radius 2 is 2.12 bits per heavy atom. The summed E-state index contributed by atoms with van der Waals surface area (Å²) in [6.45, 7) is 0.583. The number of nitrogens with zero attached hydrogens (tertiary/aromatic N) is 1. The van der Waals surface area contributed by atoms with E-state index in [2.05, 4.69) is 0 Å². The highest BCUT2D eigenvalue weighted by Crippen LogP contribution is 2.24. The van der Waals surface area contributed by atoms with E-state index in [-0.39, 0.29) is 17.4 Å². The van der Waals surface area contributed by atoms with Gasteiger partial charge in [-0.25, -0.2) is 12.8 Å². The second-order valence-electron chi connectivity index (χ2n) is 3.83. The fraction of sp³-hybridized carbons (Fsp3) is 0.400. The Morgan fingerprint density at radius 1 is 1.44 bits per heavy atom. The van der Waals surface area contributed by atoms with Gasteiger partial charge in [-0.15, -0.1) is 0 Å². The van der Waals surface area contributed by atoms with E-state index < -0.39 is 15.8 Å². The molecule has 0 unspecified atom stereocenters. The average Bonchev–Trinajstić information content (AvgIpc) is 2.15. The lowest BCUT2D eigenvalue weighted by atomic mass is 10.1. The summed E-state index contributed by atoms with van der Waals surface area (Å²) in [6, 6.07) is 4.93. The van der Waals surface area contributed by atoms with Gasteiger partial charge in [-0.1, -0.05) is 6.07 Å². The molecule has 2 rings (SSSR count). The van der Waals surface area contributed by atoms with Gasteiger partial charge in [0.15, 0.2) is 0 Å². The second kappa shape index (κ2) is 4.12. The predicted octanol–water partition coefficient (Wildman–Crippen LogP) is 0.439. The summed E-state index contributed by atoms with van der Waals surface area (Å²) in [6.07, 6.45) is 0. The van der Waals surface area contributed by atoms with Gasteiger partial charge < -0.3 is 5.11 Å². The Hall–Kier alpha value is -0.980. The molecule has 1 fully saturated rings. The fourth-order valence-electron chi connectivity index (χ4n) is 1.61. The molecule has 0 saturated carbocycles. The van der Waals surface area contributed by atoms with Crippen LogP contribution in [-0.4, -0.2) is 37.5 Å². The maximum absolute atomic E-state index is 12.9. The van der Waals surface area contributed by atoms with Crippen molar-refractivity contribution in [2.75, 3.05) is 19.7 Å². The smallest absolute Gasteiger partial charge is 0.243 e. The number of halogens is 1. The summed E-state index contributed by atoms with van der Waals surface area (Å²) in [5, 5.41) is 8.80. The summed E-state index contributed by atoms with van der Waals surface area (Å²) < 4.78 is 38.0. The van der Waals surface area contributed by atoms with E-state index in [1.165, 1.54) is 22.5 Å². The van der Waals surface area contributed by atoms with Crippen LogP contribution in [0.3, 0.4) is 0 Å². The minimum Gasteiger partial charge on any atom is -0.396 e. The fourth-order valence-corrected chi connectivity index (χ4v) is 3.24. The van der Waals surface area contributed by atoms with Crippen molar-refractivity contribution in [3.8, 4) is 0 Å². The quantitative estimate of drug-likeness (QED) is 0.840. The third-order valence-electron chi connectivity index (χ3n) is 2.62. The van der Waals surface area contributed by atoms with E-state index in [9.17, 15) is 12.8 Å². The number of aliphatic hydroxyl groups is 1. The molecule has 4 nitrogen and oxygen atoms in total. The maximum atomic E-state index is 12.9. The molecule has 88 valence electrons. The number of sulfonamides is 1. The number of hydrogen-bond acceptors (Lipinski definition) is 3. The first-order chi connectivity index (χ1) is 7.54. The molecule has 1 N–H and O–H groups in total. The number of rotatable bonds is 3. The van der Waals surface area contributed by atoms with Gasteiger partial charge in [-0.05, 0) is 18.2 Å². The number of aliphatic hydroxyl groups excluding tert-OH is 1. The molecular formula is C10H12FNO3S. The predicted molar refractivity (Wildman–Crippen MR) is 55.7 cm³/mol. The van der Waals surface area contributed by atoms with Crippen molar-refractivity contribution in [2.24, 2.45) is 5.92 Å². The molecule has 0 spiro atoms. The molecule has 6 heteroatoms. The van der Waals surface area contributed by atoms with Gasteiger partial charge in [-0.2, -0.15) is 4.31 Å². The number of hydrogen-bond donors (Lipinski definition) is 1. The Balaban J connectivity index is 2.21. The van der Waals surface area contributed by atoms with Gasteiger partial charge in [-0.3, -0.25) is 0 Å². The van der Waals surface area contributed by atoms with Gasteiger partial charge in [0.05, 0.1) is 4.90 Å². The van der Waals surface area contributed by atoms with E-state index in [0.717, 1.165) is 6.07 Å². The molecule has 1 aromatic carbocycles. The molecule has 1 aliphatic heterocycles. The van der Waals surface area contributed by atoms with Crippen molar-refractivity contribution in [3.05, 3.63) is 30.1 Å². The lowest BCUT2D eigenvalue weighted by molar-refractivity contribution is 0.117. The lowest BCUT2D eigenvalue weighted by Gasteiger charge is -2.36. The van der Waals surface area contributed by atoms with Crippen molar-refractivity contribution in [1.29, 1.82) is 0 Å². The van der Waals surface area contributed by atoms with Crippen LogP contribution in [0.5, 0.6) is 0 Å². The van der Waals surface area contributed by atoms with Crippen LogP contribution in [0, 0.1) is 11.7 Å². The molecule has 16 heavy (non-hydrogen) atoms. The molecular weight excluding hydrogens is 233 g/mol. The lowest BCUT2D eigenvalue weighted by Crippen LogP contribution is -2.51. The Kier molecular flexibility index (Phi) is 2.96. The van der Waals surface area contributed by atoms with Crippen LogP contribution in [0.15, 0.2) is 29.2 Å². The van der Waals surface area contributed by atoms with Crippen LogP contribution in [0.1, 0.15) is 0 Å². The zero-order valence-corrected chi connectivity index (χ0v) is 9.32. The van der Waals surface area contributed by atoms with Gasteiger partial charge in [0.2, 0.25) is 10.0 Å². The molecule has 0 aliphatic carbocycles. The summed E-state index contributed by atoms with van der Waals surface area (Å²) in [5.41, 5.74) is 0. The van der Waals surface area contributed by atoms with Crippen molar-refractivity contribution in [3.63, 3.8) is 0 Å². The van der Waals surface area contributed by atoms with Gasteiger partial charge >= 0.3 is 0 Å². The Labute approximate surface area is 93.4 Å². The third-order valence-corrected chi connectivity index (χ3v) is 4.44. The van der Waals surface area contributed by atoms with Crippen LogP contribution in [0.4, 0.5) is 4.39 Å². The van der Waals surface area contributed by atoms with E-state index in [1.54, 1.807) is 0 Å². The average molecular weight is 245 g/mol. The molecule has 0 atom stereocenters. The van der Waals surface area contributed by atoms with E-state index in [1.807, 2.05) is 0 Å². The van der Waals surface area contributed by atoms with Gasteiger partial charge in [0.1, 0.15) is 5.82 Å². The van der Waals surface area contributed by atoms with Crippen LogP contribution < -0.4 is 0 Å². The minimum absolute atomic E-state index is 0.00309. The molecule has 0 bridgehead atoms. The first-order valence-electron chi connectivity index (χ1n) is 4.90. The van der Waals surface area contributed by atoms with Crippen molar-refractivity contribution >= 4 is 10.0 Å². The van der Waals surface area contributed by atoms with Crippen molar-refractivity contribution in [1.82, 2.24) is 4.31 Å². The largest absolute Gasteiger partial charge is 0.396 e. The minimum atomic E-state index is -3.59. The van der Waals surface area contributed by atoms with Gasteiger partial charge in [0.25, 0.3) is 0 Å². The number of benzene rings is 1. The van der Waals surface area contributed by atoms with Crippen LogP contribution in [0.2, 0.25) is 0 Å². The van der Waals surface area contributed by atoms with E-state index in [4.69, 9.17) is 5.11 Å².